The second-order valence-electron chi connectivity index (χ2n) is 3.49. The quantitative estimate of drug-likeness (QED) is 0.511. The Morgan fingerprint density at radius 3 is 2.65 bits per heavy atom. The molecule has 1 heterocycles. The van der Waals surface area contributed by atoms with Gasteiger partial charge in [0, 0.05) is 13.3 Å². The zero-order valence-electron chi connectivity index (χ0n) is 10.1. The maximum Gasteiger partial charge on any atom is 0.146 e. The summed E-state index contributed by atoms with van der Waals surface area (Å²) in [6.07, 6.45) is 2.53. The van der Waals surface area contributed by atoms with Gasteiger partial charge in [-0.2, -0.15) is 0 Å². The van der Waals surface area contributed by atoms with Crippen molar-refractivity contribution in [1.82, 2.24) is 4.98 Å². The van der Waals surface area contributed by atoms with Gasteiger partial charge in [0.05, 0.1) is 32.1 Å². The van der Waals surface area contributed by atoms with Gasteiger partial charge in [-0.3, -0.25) is 4.98 Å². The van der Waals surface area contributed by atoms with Crippen LogP contribution < -0.4 is 0 Å². The zero-order valence-corrected chi connectivity index (χ0v) is 10.1. The van der Waals surface area contributed by atoms with Crippen molar-refractivity contribution in [3.05, 3.63) is 29.6 Å². The van der Waals surface area contributed by atoms with Gasteiger partial charge >= 0.3 is 0 Å². The van der Waals surface area contributed by atoms with Gasteiger partial charge in [0.2, 0.25) is 0 Å². The molecule has 0 aliphatic carbocycles. The minimum atomic E-state index is -0.0237. The topological polar surface area (TPSA) is 60.8 Å². The van der Waals surface area contributed by atoms with Crippen LogP contribution >= 0.6 is 0 Å². The molecular weight excluding hydrogens is 222 g/mol. The van der Waals surface area contributed by atoms with Crippen molar-refractivity contribution < 1.29 is 19.3 Å². The fourth-order valence-electron chi connectivity index (χ4n) is 1.21. The van der Waals surface area contributed by atoms with Crippen molar-refractivity contribution in [3.8, 4) is 0 Å². The van der Waals surface area contributed by atoms with E-state index in [9.17, 15) is 0 Å². The average Bonchev–Trinajstić information content (AvgIpc) is 2.38. The third kappa shape index (κ3) is 6.33. The summed E-state index contributed by atoms with van der Waals surface area (Å²) in [5.41, 5.74) is 1.76. The number of nitrogens with zero attached hydrogens (tertiary/aromatic N) is 1. The first-order chi connectivity index (χ1) is 8.36. The maximum absolute atomic E-state index is 8.83. The van der Waals surface area contributed by atoms with E-state index >= 15 is 0 Å². The van der Waals surface area contributed by atoms with Crippen LogP contribution in [0.3, 0.4) is 0 Å². The summed E-state index contributed by atoms with van der Waals surface area (Å²) in [5.74, 6) is 0. The van der Waals surface area contributed by atoms with Gasteiger partial charge in [-0.1, -0.05) is 6.07 Å². The molecule has 1 aromatic rings. The highest BCUT2D eigenvalue weighted by atomic mass is 16.7. The van der Waals surface area contributed by atoms with E-state index in [-0.39, 0.29) is 13.4 Å². The lowest BCUT2D eigenvalue weighted by Crippen LogP contribution is -2.07. The monoisotopic (exact) mass is 241 g/mol. The van der Waals surface area contributed by atoms with Crippen LogP contribution in [0.25, 0.3) is 0 Å². The zero-order chi connectivity index (χ0) is 12.3. The lowest BCUT2D eigenvalue weighted by atomic mass is 10.2. The molecule has 0 unspecified atom stereocenters. The third-order valence-corrected chi connectivity index (χ3v) is 2.18. The number of hydrogen-bond donors (Lipinski definition) is 1. The van der Waals surface area contributed by atoms with Gasteiger partial charge in [-0.15, -0.1) is 0 Å². The average molecular weight is 241 g/mol. The first-order valence-corrected chi connectivity index (χ1v) is 5.56. The Morgan fingerprint density at radius 1 is 1.18 bits per heavy atom. The van der Waals surface area contributed by atoms with Crippen molar-refractivity contribution >= 4 is 0 Å². The molecule has 0 aromatic carbocycles. The summed E-state index contributed by atoms with van der Waals surface area (Å²) in [6.45, 7) is 1.97. The van der Waals surface area contributed by atoms with E-state index in [2.05, 4.69) is 4.98 Å². The Bertz CT molecular complexity index is 289. The molecule has 1 rings (SSSR count). The molecule has 0 aliphatic rings. The third-order valence-electron chi connectivity index (χ3n) is 2.18. The van der Waals surface area contributed by atoms with Crippen LogP contribution in [0.15, 0.2) is 18.3 Å². The van der Waals surface area contributed by atoms with Crippen LogP contribution in [-0.4, -0.2) is 43.8 Å². The summed E-state index contributed by atoms with van der Waals surface area (Å²) in [7, 11) is 1.63. The number of aromatic nitrogens is 1. The van der Waals surface area contributed by atoms with Gasteiger partial charge in [-0.05, 0) is 18.1 Å². The molecule has 0 aliphatic heterocycles. The highest BCUT2D eigenvalue weighted by Gasteiger charge is 1.96. The van der Waals surface area contributed by atoms with Crippen molar-refractivity contribution in [3.63, 3.8) is 0 Å². The fourth-order valence-corrected chi connectivity index (χ4v) is 1.21. The first kappa shape index (κ1) is 14.1. The second-order valence-corrected chi connectivity index (χ2v) is 3.49. The molecule has 0 fully saturated rings. The highest BCUT2D eigenvalue weighted by molar-refractivity contribution is 5.13. The van der Waals surface area contributed by atoms with Crippen LogP contribution in [0.1, 0.15) is 11.3 Å². The standard InChI is InChI=1S/C12H19NO4/c1-15-6-7-17-10-16-5-4-11-2-3-12(9-14)13-8-11/h2-3,8,14H,4-7,9-10H2,1H3. The Balaban J connectivity index is 2.05. The molecule has 17 heavy (non-hydrogen) atoms. The summed E-state index contributed by atoms with van der Waals surface area (Å²) in [4.78, 5) is 4.08. The predicted molar refractivity (Wildman–Crippen MR) is 62.5 cm³/mol. The van der Waals surface area contributed by atoms with Gasteiger partial charge in [0.15, 0.2) is 0 Å². The SMILES string of the molecule is COCCOCOCCc1ccc(CO)nc1. The molecule has 0 bridgehead atoms. The maximum atomic E-state index is 8.83. The number of pyridine rings is 1. The molecule has 0 saturated heterocycles. The van der Waals surface area contributed by atoms with Crippen LogP contribution in [0.2, 0.25) is 0 Å². The summed E-state index contributed by atoms with van der Waals surface area (Å²) in [5, 5.41) is 8.83. The number of aliphatic hydroxyl groups excluding tert-OH is 1. The molecule has 0 atom stereocenters. The molecule has 1 N–H and O–H groups in total. The van der Waals surface area contributed by atoms with E-state index in [4.69, 9.17) is 19.3 Å². The van der Waals surface area contributed by atoms with Crippen LogP contribution in [0.4, 0.5) is 0 Å². The number of ether oxygens (including phenoxy) is 3. The van der Waals surface area contributed by atoms with Crippen molar-refractivity contribution in [2.75, 3.05) is 33.7 Å². The van der Waals surface area contributed by atoms with Gasteiger partial charge in [-0.25, -0.2) is 0 Å². The first-order valence-electron chi connectivity index (χ1n) is 5.56. The number of methoxy groups -OCH3 is 1. The van der Waals surface area contributed by atoms with Crippen molar-refractivity contribution in [2.24, 2.45) is 0 Å². The van der Waals surface area contributed by atoms with Gasteiger partial charge in [0.25, 0.3) is 0 Å². The molecule has 5 heteroatoms. The molecule has 0 spiro atoms. The number of hydrogen-bond acceptors (Lipinski definition) is 5. The van der Waals surface area contributed by atoms with E-state index in [1.165, 1.54) is 0 Å². The van der Waals surface area contributed by atoms with E-state index < -0.39 is 0 Å². The fraction of sp³-hybridized carbons (Fsp3) is 0.583. The molecule has 5 nitrogen and oxygen atoms in total. The van der Waals surface area contributed by atoms with Crippen LogP contribution in [0.5, 0.6) is 0 Å². The Kier molecular flexibility index (Phi) is 7.49. The largest absolute Gasteiger partial charge is 0.390 e. The summed E-state index contributed by atoms with van der Waals surface area (Å²) >= 11 is 0. The van der Waals surface area contributed by atoms with E-state index in [1.54, 1.807) is 13.3 Å². The number of aliphatic hydroxyl groups is 1. The summed E-state index contributed by atoms with van der Waals surface area (Å²) in [6, 6.07) is 3.75. The smallest absolute Gasteiger partial charge is 0.146 e. The van der Waals surface area contributed by atoms with Crippen LogP contribution in [-0.2, 0) is 27.2 Å². The lowest BCUT2D eigenvalue weighted by molar-refractivity contribution is -0.0647. The van der Waals surface area contributed by atoms with Gasteiger partial charge < -0.3 is 19.3 Å². The Hall–Kier alpha value is -1.01. The molecule has 0 saturated carbocycles. The molecular formula is C12H19NO4. The summed E-state index contributed by atoms with van der Waals surface area (Å²) < 4.78 is 15.3. The number of rotatable bonds is 9. The lowest BCUT2D eigenvalue weighted by Gasteiger charge is -2.05. The highest BCUT2D eigenvalue weighted by Crippen LogP contribution is 2.01. The molecule has 96 valence electrons. The molecule has 0 amide bonds. The van der Waals surface area contributed by atoms with Crippen LogP contribution in [0, 0.1) is 0 Å². The predicted octanol–water partition coefficient (Wildman–Crippen LogP) is 0.753. The Labute approximate surface area is 101 Å². The van der Waals surface area contributed by atoms with E-state index in [1.807, 2.05) is 12.1 Å². The normalized spacial score (nSPS) is 10.7. The minimum Gasteiger partial charge on any atom is -0.390 e. The van der Waals surface area contributed by atoms with Crippen molar-refractivity contribution in [2.45, 2.75) is 13.0 Å². The minimum absolute atomic E-state index is 0.0237. The van der Waals surface area contributed by atoms with E-state index in [0.717, 1.165) is 12.0 Å². The second kappa shape index (κ2) is 9.07. The molecule has 0 radical (unpaired) electrons. The van der Waals surface area contributed by atoms with Crippen molar-refractivity contribution in [1.29, 1.82) is 0 Å². The van der Waals surface area contributed by atoms with E-state index in [0.29, 0.717) is 25.5 Å². The van der Waals surface area contributed by atoms with Gasteiger partial charge in [0.1, 0.15) is 6.79 Å². The Morgan fingerprint density at radius 2 is 2.00 bits per heavy atom. The molecule has 1 aromatic heterocycles.